The van der Waals surface area contributed by atoms with Crippen molar-refractivity contribution in [2.24, 2.45) is 0 Å². The number of aromatic nitrogens is 2. The van der Waals surface area contributed by atoms with E-state index in [-0.39, 0.29) is 6.04 Å². The Morgan fingerprint density at radius 2 is 1.93 bits per heavy atom. The molecule has 6 heteroatoms. The molecule has 4 nitrogen and oxygen atoms in total. The summed E-state index contributed by atoms with van der Waals surface area (Å²) in [5.74, 6) is 0.703. The number of rotatable bonds is 4. The molecule has 0 amide bonds. The Morgan fingerprint density at radius 3 is 2.68 bits per heavy atom. The number of hydrogen-bond acceptors (Lipinski definition) is 4. The standard InChI is InChI=1S/C22H21Cl2N3O/c1-3-18-22(27-21-15-7-5-4-6-13(15)10-19(21)28)25-12(2)20(26-18)16-9-8-14(23)11-17(16)24/h4-9,11,19,21,28H,3,10H2,1-2H3,(H,25,27)/t19-,21?/m0/s1. The molecule has 0 saturated carbocycles. The summed E-state index contributed by atoms with van der Waals surface area (Å²) < 4.78 is 0. The average Bonchev–Trinajstić information content (AvgIpc) is 2.98. The second-order valence-corrected chi connectivity index (χ2v) is 7.87. The highest BCUT2D eigenvalue weighted by Gasteiger charge is 2.31. The average molecular weight is 414 g/mol. The molecule has 0 bridgehead atoms. The number of aliphatic hydroxyl groups is 1. The quantitative estimate of drug-likeness (QED) is 0.601. The van der Waals surface area contributed by atoms with Crippen LogP contribution in [0.1, 0.15) is 35.5 Å². The molecule has 28 heavy (non-hydrogen) atoms. The normalized spacial score (nSPS) is 18.2. The maximum atomic E-state index is 10.6. The van der Waals surface area contributed by atoms with E-state index in [1.807, 2.05) is 32.0 Å². The minimum Gasteiger partial charge on any atom is -0.390 e. The van der Waals surface area contributed by atoms with Crippen LogP contribution in [-0.2, 0) is 12.8 Å². The van der Waals surface area contributed by atoms with Crippen LogP contribution in [0.15, 0.2) is 42.5 Å². The van der Waals surface area contributed by atoms with Crippen molar-refractivity contribution in [1.82, 2.24) is 9.97 Å². The Labute approximate surface area is 174 Å². The monoisotopic (exact) mass is 413 g/mol. The number of aliphatic hydroxyl groups excluding tert-OH is 1. The van der Waals surface area contributed by atoms with Crippen LogP contribution in [0.4, 0.5) is 5.82 Å². The first-order valence-corrected chi connectivity index (χ1v) is 10.1. The van der Waals surface area contributed by atoms with Crippen molar-refractivity contribution in [3.63, 3.8) is 0 Å². The summed E-state index contributed by atoms with van der Waals surface area (Å²) in [6.07, 6.45) is 0.855. The van der Waals surface area contributed by atoms with E-state index in [9.17, 15) is 5.11 Å². The molecule has 0 spiro atoms. The van der Waals surface area contributed by atoms with Crippen molar-refractivity contribution in [2.75, 3.05) is 5.32 Å². The minimum atomic E-state index is -0.491. The minimum absolute atomic E-state index is 0.194. The van der Waals surface area contributed by atoms with Crippen molar-refractivity contribution in [3.05, 3.63) is 75.0 Å². The molecule has 1 heterocycles. The highest BCUT2D eigenvalue weighted by molar-refractivity contribution is 6.36. The van der Waals surface area contributed by atoms with Crippen LogP contribution in [0.2, 0.25) is 10.0 Å². The fraction of sp³-hybridized carbons (Fsp3) is 0.273. The van der Waals surface area contributed by atoms with E-state index in [1.165, 1.54) is 5.56 Å². The van der Waals surface area contributed by atoms with E-state index < -0.39 is 6.10 Å². The van der Waals surface area contributed by atoms with Crippen molar-refractivity contribution < 1.29 is 5.11 Å². The van der Waals surface area contributed by atoms with Gasteiger partial charge in [-0.2, -0.15) is 0 Å². The summed E-state index contributed by atoms with van der Waals surface area (Å²) in [6.45, 7) is 3.95. The molecule has 1 aromatic heterocycles. The van der Waals surface area contributed by atoms with Gasteiger partial charge in [0.15, 0.2) is 0 Å². The maximum Gasteiger partial charge on any atom is 0.148 e. The molecule has 0 aliphatic heterocycles. The molecule has 4 rings (SSSR count). The SMILES string of the molecule is CCc1nc(-c2ccc(Cl)cc2Cl)c(C)nc1NC1c2ccccc2C[C@@H]1O. The summed E-state index contributed by atoms with van der Waals surface area (Å²) in [4.78, 5) is 9.62. The van der Waals surface area contributed by atoms with Crippen LogP contribution < -0.4 is 5.32 Å². The zero-order valence-electron chi connectivity index (χ0n) is 15.7. The Balaban J connectivity index is 1.72. The molecule has 2 aromatic carbocycles. The van der Waals surface area contributed by atoms with Gasteiger partial charge in [-0.15, -0.1) is 0 Å². The predicted molar refractivity (Wildman–Crippen MR) is 114 cm³/mol. The highest BCUT2D eigenvalue weighted by Crippen LogP contribution is 2.36. The van der Waals surface area contributed by atoms with Gasteiger partial charge in [0.25, 0.3) is 0 Å². The van der Waals surface area contributed by atoms with Crippen molar-refractivity contribution in [3.8, 4) is 11.3 Å². The third kappa shape index (κ3) is 3.48. The van der Waals surface area contributed by atoms with Gasteiger partial charge in [0.1, 0.15) is 5.82 Å². The lowest BCUT2D eigenvalue weighted by molar-refractivity contribution is 0.165. The van der Waals surface area contributed by atoms with Crippen LogP contribution >= 0.6 is 23.2 Å². The first kappa shape index (κ1) is 19.2. The van der Waals surface area contributed by atoms with Crippen LogP contribution in [0.25, 0.3) is 11.3 Å². The van der Waals surface area contributed by atoms with Gasteiger partial charge >= 0.3 is 0 Å². The second kappa shape index (κ2) is 7.70. The van der Waals surface area contributed by atoms with Crippen LogP contribution in [-0.4, -0.2) is 21.2 Å². The third-order valence-electron chi connectivity index (χ3n) is 5.16. The van der Waals surface area contributed by atoms with Crippen LogP contribution in [0.5, 0.6) is 0 Å². The second-order valence-electron chi connectivity index (χ2n) is 7.02. The number of nitrogens with one attached hydrogen (secondary N) is 1. The summed E-state index contributed by atoms with van der Waals surface area (Å²) >= 11 is 12.4. The van der Waals surface area contributed by atoms with E-state index in [0.29, 0.717) is 28.7 Å². The van der Waals surface area contributed by atoms with Crippen molar-refractivity contribution >= 4 is 29.0 Å². The molecule has 1 aliphatic carbocycles. The van der Waals surface area contributed by atoms with Gasteiger partial charge in [-0.3, -0.25) is 0 Å². The van der Waals surface area contributed by atoms with Crippen molar-refractivity contribution in [2.45, 2.75) is 38.8 Å². The summed E-state index contributed by atoms with van der Waals surface area (Å²) in [6, 6.07) is 13.3. The highest BCUT2D eigenvalue weighted by atomic mass is 35.5. The van der Waals surface area contributed by atoms with Gasteiger partial charge in [-0.05, 0) is 42.7 Å². The number of nitrogens with zero attached hydrogens (tertiary/aromatic N) is 2. The fourth-order valence-electron chi connectivity index (χ4n) is 3.75. The number of anilines is 1. The van der Waals surface area contributed by atoms with E-state index in [0.717, 1.165) is 28.2 Å². The van der Waals surface area contributed by atoms with Gasteiger partial charge in [0.05, 0.1) is 34.3 Å². The van der Waals surface area contributed by atoms with Gasteiger partial charge in [-0.1, -0.05) is 54.4 Å². The van der Waals surface area contributed by atoms with E-state index >= 15 is 0 Å². The first-order chi connectivity index (χ1) is 13.5. The van der Waals surface area contributed by atoms with Gasteiger partial charge in [-0.25, -0.2) is 9.97 Å². The van der Waals surface area contributed by atoms with Crippen LogP contribution in [0.3, 0.4) is 0 Å². The Kier molecular flexibility index (Phi) is 5.28. The van der Waals surface area contributed by atoms with Gasteiger partial charge in [0, 0.05) is 17.0 Å². The molecule has 144 valence electrons. The van der Waals surface area contributed by atoms with E-state index in [2.05, 4.69) is 17.4 Å². The molecule has 3 aromatic rings. The Bertz CT molecular complexity index is 1040. The van der Waals surface area contributed by atoms with Gasteiger partial charge < -0.3 is 10.4 Å². The lowest BCUT2D eigenvalue weighted by Crippen LogP contribution is -2.23. The zero-order chi connectivity index (χ0) is 19.8. The Morgan fingerprint density at radius 1 is 1.14 bits per heavy atom. The Hall–Kier alpha value is -2.14. The van der Waals surface area contributed by atoms with Gasteiger partial charge in [0.2, 0.25) is 0 Å². The van der Waals surface area contributed by atoms with Crippen molar-refractivity contribution in [1.29, 1.82) is 0 Å². The predicted octanol–water partition coefficient (Wildman–Crippen LogP) is 5.39. The molecular formula is C22H21Cl2N3O. The molecule has 0 saturated heterocycles. The molecule has 2 N–H and O–H groups in total. The van der Waals surface area contributed by atoms with E-state index in [1.54, 1.807) is 12.1 Å². The molecule has 2 atom stereocenters. The molecule has 0 radical (unpaired) electrons. The molecule has 0 fully saturated rings. The number of hydrogen-bond donors (Lipinski definition) is 2. The van der Waals surface area contributed by atoms with Crippen LogP contribution in [0, 0.1) is 6.92 Å². The summed E-state index contributed by atoms with van der Waals surface area (Å²) in [5.41, 5.74) is 5.44. The summed E-state index contributed by atoms with van der Waals surface area (Å²) in [7, 11) is 0. The third-order valence-corrected chi connectivity index (χ3v) is 5.71. The molecule has 1 unspecified atom stereocenters. The molecule has 1 aliphatic rings. The topological polar surface area (TPSA) is 58.0 Å². The lowest BCUT2D eigenvalue weighted by atomic mass is 10.1. The number of fused-ring (bicyclic) bond motifs is 1. The maximum absolute atomic E-state index is 10.6. The molecular weight excluding hydrogens is 393 g/mol. The van der Waals surface area contributed by atoms with E-state index in [4.69, 9.17) is 33.2 Å². The fourth-order valence-corrected chi connectivity index (χ4v) is 4.25. The summed E-state index contributed by atoms with van der Waals surface area (Å²) in [5, 5.41) is 15.1. The number of halogens is 2. The lowest BCUT2D eigenvalue weighted by Gasteiger charge is -2.21. The number of aryl methyl sites for hydroxylation is 2. The zero-order valence-corrected chi connectivity index (χ0v) is 17.2. The largest absolute Gasteiger partial charge is 0.390 e. The number of benzene rings is 2. The smallest absolute Gasteiger partial charge is 0.148 e. The first-order valence-electron chi connectivity index (χ1n) is 9.33.